The molecule has 108 valence electrons. The molecule has 2 rings (SSSR count). The van der Waals surface area contributed by atoms with Crippen LogP contribution in [-0.2, 0) is 0 Å². The molecule has 0 fully saturated rings. The summed E-state index contributed by atoms with van der Waals surface area (Å²) >= 11 is 3.28. The van der Waals surface area contributed by atoms with E-state index < -0.39 is 0 Å². The predicted octanol–water partition coefficient (Wildman–Crippen LogP) is 4.60. The summed E-state index contributed by atoms with van der Waals surface area (Å²) in [6.07, 6.45) is 0. The van der Waals surface area contributed by atoms with Gasteiger partial charge in [-0.25, -0.2) is 4.39 Å². The minimum atomic E-state index is -0.275. The molecule has 1 aromatic heterocycles. The molecular formula is C15H17BrFNO2. The van der Waals surface area contributed by atoms with Crippen molar-refractivity contribution in [2.75, 3.05) is 7.11 Å². The van der Waals surface area contributed by atoms with Crippen LogP contribution in [0, 0.1) is 5.82 Å². The minimum absolute atomic E-state index is 0.00396. The van der Waals surface area contributed by atoms with Gasteiger partial charge < -0.3 is 14.5 Å². The Morgan fingerprint density at radius 3 is 2.55 bits per heavy atom. The summed E-state index contributed by atoms with van der Waals surface area (Å²) in [6.45, 7) is 3.96. The van der Waals surface area contributed by atoms with Gasteiger partial charge in [-0.05, 0) is 60.1 Å². The zero-order valence-corrected chi connectivity index (χ0v) is 13.2. The van der Waals surface area contributed by atoms with Crippen LogP contribution in [-0.4, -0.2) is 7.11 Å². The Hall–Kier alpha value is -1.33. The Labute approximate surface area is 126 Å². The SMILES string of the molecule is COc1ccc(F)cc1C(C)NC(C)c1ccc(Br)o1. The van der Waals surface area contributed by atoms with E-state index in [4.69, 9.17) is 9.15 Å². The van der Waals surface area contributed by atoms with Crippen LogP contribution in [0.3, 0.4) is 0 Å². The first-order valence-corrected chi connectivity index (χ1v) is 7.15. The number of hydrogen-bond acceptors (Lipinski definition) is 3. The van der Waals surface area contributed by atoms with E-state index in [0.29, 0.717) is 10.4 Å². The highest BCUT2D eigenvalue weighted by Gasteiger charge is 2.17. The van der Waals surface area contributed by atoms with Crippen LogP contribution in [0.4, 0.5) is 4.39 Å². The smallest absolute Gasteiger partial charge is 0.169 e. The molecule has 0 aliphatic carbocycles. The molecule has 0 saturated carbocycles. The van der Waals surface area contributed by atoms with Gasteiger partial charge in [0.15, 0.2) is 4.67 Å². The lowest BCUT2D eigenvalue weighted by Gasteiger charge is -2.21. The van der Waals surface area contributed by atoms with Gasteiger partial charge in [0.1, 0.15) is 17.3 Å². The van der Waals surface area contributed by atoms with Gasteiger partial charge in [0, 0.05) is 11.6 Å². The second kappa shape index (κ2) is 6.41. The van der Waals surface area contributed by atoms with Crippen molar-refractivity contribution in [3.8, 4) is 5.75 Å². The zero-order chi connectivity index (χ0) is 14.7. The second-order valence-corrected chi connectivity index (χ2v) is 5.42. The Kier molecular flexibility index (Phi) is 4.83. The molecule has 2 atom stereocenters. The van der Waals surface area contributed by atoms with Crippen LogP contribution in [0.15, 0.2) is 39.4 Å². The maximum atomic E-state index is 13.4. The fourth-order valence-electron chi connectivity index (χ4n) is 2.15. The first kappa shape index (κ1) is 15.1. The fraction of sp³-hybridized carbons (Fsp3) is 0.333. The largest absolute Gasteiger partial charge is 0.496 e. The number of benzene rings is 1. The summed E-state index contributed by atoms with van der Waals surface area (Å²) in [4.78, 5) is 0. The maximum absolute atomic E-state index is 13.4. The Balaban J connectivity index is 2.15. The molecule has 3 nitrogen and oxygen atoms in total. The van der Waals surface area contributed by atoms with Gasteiger partial charge in [0.05, 0.1) is 13.2 Å². The van der Waals surface area contributed by atoms with Crippen molar-refractivity contribution in [3.63, 3.8) is 0 Å². The van der Waals surface area contributed by atoms with Gasteiger partial charge in [-0.3, -0.25) is 0 Å². The number of hydrogen-bond donors (Lipinski definition) is 1. The minimum Gasteiger partial charge on any atom is -0.496 e. The molecule has 20 heavy (non-hydrogen) atoms. The zero-order valence-electron chi connectivity index (χ0n) is 11.6. The van der Waals surface area contributed by atoms with Crippen LogP contribution < -0.4 is 10.1 Å². The third-order valence-electron chi connectivity index (χ3n) is 3.18. The lowest BCUT2D eigenvalue weighted by atomic mass is 10.1. The quantitative estimate of drug-likeness (QED) is 0.862. The van der Waals surface area contributed by atoms with E-state index in [1.54, 1.807) is 13.2 Å². The fourth-order valence-corrected chi connectivity index (χ4v) is 2.47. The van der Waals surface area contributed by atoms with E-state index >= 15 is 0 Å². The average Bonchev–Trinajstić information content (AvgIpc) is 2.85. The standard InChI is InChI=1S/C15H17BrFNO2/c1-9(12-8-11(17)4-5-14(12)19-3)18-10(2)13-6-7-15(16)20-13/h4-10,18H,1-3H3. The first-order valence-electron chi connectivity index (χ1n) is 6.36. The molecule has 5 heteroatoms. The molecule has 1 aromatic carbocycles. The van der Waals surface area contributed by atoms with Crippen molar-refractivity contribution in [3.05, 3.63) is 52.1 Å². The van der Waals surface area contributed by atoms with Crippen LogP contribution in [0.1, 0.15) is 37.3 Å². The highest BCUT2D eigenvalue weighted by Crippen LogP contribution is 2.28. The molecule has 0 radical (unpaired) electrons. The van der Waals surface area contributed by atoms with Crippen LogP contribution in [0.2, 0.25) is 0 Å². The van der Waals surface area contributed by atoms with E-state index in [-0.39, 0.29) is 17.9 Å². The molecule has 1 N–H and O–H groups in total. The molecule has 0 aliphatic heterocycles. The van der Waals surface area contributed by atoms with E-state index in [9.17, 15) is 4.39 Å². The number of rotatable bonds is 5. The van der Waals surface area contributed by atoms with E-state index in [1.165, 1.54) is 12.1 Å². The van der Waals surface area contributed by atoms with Gasteiger partial charge in [0.2, 0.25) is 0 Å². The van der Waals surface area contributed by atoms with Crippen molar-refractivity contribution >= 4 is 15.9 Å². The maximum Gasteiger partial charge on any atom is 0.169 e. The molecule has 0 spiro atoms. The van der Waals surface area contributed by atoms with Gasteiger partial charge >= 0.3 is 0 Å². The summed E-state index contributed by atoms with van der Waals surface area (Å²) in [5.41, 5.74) is 0.782. The summed E-state index contributed by atoms with van der Waals surface area (Å²) < 4.78 is 24.9. The summed E-state index contributed by atoms with van der Waals surface area (Å²) in [6, 6.07) is 8.20. The molecule has 0 bridgehead atoms. The third kappa shape index (κ3) is 3.41. The number of furan rings is 1. The lowest BCUT2D eigenvalue weighted by Crippen LogP contribution is -2.22. The Morgan fingerprint density at radius 1 is 1.20 bits per heavy atom. The molecular weight excluding hydrogens is 325 g/mol. The highest BCUT2D eigenvalue weighted by atomic mass is 79.9. The number of ether oxygens (including phenoxy) is 1. The van der Waals surface area contributed by atoms with Gasteiger partial charge in [-0.15, -0.1) is 0 Å². The van der Waals surface area contributed by atoms with Gasteiger partial charge in [0.25, 0.3) is 0 Å². The van der Waals surface area contributed by atoms with Gasteiger partial charge in [-0.2, -0.15) is 0 Å². The normalized spacial score (nSPS) is 14.1. The summed E-state index contributed by atoms with van der Waals surface area (Å²) in [5.74, 6) is 1.21. The summed E-state index contributed by atoms with van der Waals surface area (Å²) in [5, 5.41) is 3.37. The monoisotopic (exact) mass is 341 g/mol. The van der Waals surface area contributed by atoms with E-state index in [1.807, 2.05) is 26.0 Å². The Bertz CT molecular complexity index is 585. The van der Waals surface area contributed by atoms with E-state index in [0.717, 1.165) is 11.3 Å². The van der Waals surface area contributed by atoms with Crippen molar-refractivity contribution < 1.29 is 13.5 Å². The van der Waals surface area contributed by atoms with E-state index in [2.05, 4.69) is 21.2 Å². The van der Waals surface area contributed by atoms with Crippen LogP contribution in [0.5, 0.6) is 5.75 Å². The molecule has 0 amide bonds. The summed E-state index contributed by atoms with van der Waals surface area (Å²) in [7, 11) is 1.58. The van der Waals surface area contributed by atoms with Crippen molar-refractivity contribution in [1.29, 1.82) is 0 Å². The Morgan fingerprint density at radius 2 is 1.95 bits per heavy atom. The topological polar surface area (TPSA) is 34.4 Å². The van der Waals surface area contributed by atoms with Gasteiger partial charge in [-0.1, -0.05) is 0 Å². The predicted molar refractivity (Wildman–Crippen MR) is 79.3 cm³/mol. The first-order chi connectivity index (χ1) is 9.51. The van der Waals surface area contributed by atoms with Crippen molar-refractivity contribution in [2.45, 2.75) is 25.9 Å². The molecule has 2 unspecified atom stereocenters. The molecule has 1 heterocycles. The number of methoxy groups -OCH3 is 1. The van der Waals surface area contributed by atoms with Crippen LogP contribution in [0.25, 0.3) is 0 Å². The lowest BCUT2D eigenvalue weighted by molar-refractivity contribution is 0.374. The molecule has 2 aromatic rings. The molecule has 0 aliphatic rings. The van der Waals surface area contributed by atoms with Crippen LogP contribution >= 0.6 is 15.9 Å². The molecule has 0 saturated heterocycles. The van der Waals surface area contributed by atoms with Crippen molar-refractivity contribution in [1.82, 2.24) is 5.32 Å². The highest BCUT2D eigenvalue weighted by molar-refractivity contribution is 9.10. The number of halogens is 2. The van der Waals surface area contributed by atoms with Crippen molar-refractivity contribution in [2.24, 2.45) is 0 Å². The second-order valence-electron chi connectivity index (χ2n) is 4.64. The average molecular weight is 342 g/mol. The number of nitrogens with one attached hydrogen (secondary N) is 1. The third-order valence-corrected chi connectivity index (χ3v) is 3.61.